The number of ether oxygens (including phenoxy) is 2. The zero-order chi connectivity index (χ0) is 17.6. The van der Waals surface area contributed by atoms with Crippen LogP contribution in [0.5, 0.6) is 11.5 Å². The van der Waals surface area contributed by atoms with Crippen molar-refractivity contribution in [1.29, 1.82) is 0 Å². The van der Waals surface area contributed by atoms with Gasteiger partial charge in [-0.3, -0.25) is 4.31 Å². The van der Waals surface area contributed by atoms with Crippen molar-refractivity contribution in [2.45, 2.75) is 11.8 Å². The van der Waals surface area contributed by atoms with Crippen LogP contribution in [0.1, 0.15) is 6.92 Å². The Bertz CT molecular complexity index is 768. The third-order valence-electron chi connectivity index (χ3n) is 3.38. The molecule has 0 heterocycles. The number of rotatable bonds is 8. The maximum Gasteiger partial charge on any atom is 0.264 e. The fraction of sp³-hybridized carbons (Fsp3) is 0.222. The van der Waals surface area contributed by atoms with E-state index >= 15 is 0 Å². The number of methoxy groups -OCH3 is 1. The van der Waals surface area contributed by atoms with Crippen molar-refractivity contribution in [1.82, 2.24) is 0 Å². The SMILES string of the molecule is C=CCN(c1ccc(OCC)cc1)S(=O)(=O)c1ccc(OC)cc1. The fourth-order valence-corrected chi connectivity index (χ4v) is 3.65. The maximum absolute atomic E-state index is 12.9. The Morgan fingerprint density at radius 3 is 2.12 bits per heavy atom. The first-order chi connectivity index (χ1) is 11.5. The second-order valence-electron chi connectivity index (χ2n) is 4.93. The van der Waals surface area contributed by atoms with E-state index in [1.165, 1.54) is 23.5 Å². The van der Waals surface area contributed by atoms with E-state index in [0.29, 0.717) is 23.8 Å². The Balaban J connectivity index is 2.38. The first-order valence-corrected chi connectivity index (χ1v) is 8.97. The highest BCUT2D eigenvalue weighted by Crippen LogP contribution is 2.26. The highest BCUT2D eigenvalue weighted by molar-refractivity contribution is 7.92. The van der Waals surface area contributed by atoms with Gasteiger partial charge in [0, 0.05) is 0 Å². The van der Waals surface area contributed by atoms with Crippen LogP contribution in [-0.4, -0.2) is 28.7 Å². The molecule has 0 spiro atoms. The quantitative estimate of drug-likeness (QED) is 0.686. The van der Waals surface area contributed by atoms with Gasteiger partial charge in [-0.25, -0.2) is 8.42 Å². The molecule has 0 fully saturated rings. The molecule has 0 atom stereocenters. The minimum absolute atomic E-state index is 0.169. The second-order valence-corrected chi connectivity index (χ2v) is 6.79. The zero-order valence-corrected chi connectivity index (χ0v) is 14.6. The van der Waals surface area contributed by atoms with Gasteiger partial charge in [0.1, 0.15) is 11.5 Å². The Labute approximate surface area is 143 Å². The molecule has 128 valence electrons. The summed E-state index contributed by atoms with van der Waals surface area (Å²) in [5.74, 6) is 1.30. The normalized spacial score (nSPS) is 10.9. The smallest absolute Gasteiger partial charge is 0.264 e. The molecule has 5 nitrogen and oxygen atoms in total. The topological polar surface area (TPSA) is 55.8 Å². The van der Waals surface area contributed by atoms with Gasteiger partial charge in [0.25, 0.3) is 10.0 Å². The van der Waals surface area contributed by atoms with E-state index in [-0.39, 0.29) is 11.4 Å². The predicted octanol–water partition coefficient (Wildman–Crippen LogP) is 3.48. The number of sulfonamides is 1. The summed E-state index contributed by atoms with van der Waals surface area (Å²) in [5.41, 5.74) is 0.550. The number of hydrogen-bond acceptors (Lipinski definition) is 4. The number of anilines is 1. The number of benzene rings is 2. The average Bonchev–Trinajstić information content (AvgIpc) is 2.61. The van der Waals surface area contributed by atoms with E-state index in [1.54, 1.807) is 42.5 Å². The van der Waals surface area contributed by atoms with Crippen molar-refractivity contribution < 1.29 is 17.9 Å². The summed E-state index contributed by atoms with van der Waals surface area (Å²) in [6.07, 6.45) is 1.55. The van der Waals surface area contributed by atoms with Gasteiger partial charge in [-0.05, 0) is 55.5 Å². The van der Waals surface area contributed by atoms with Crippen molar-refractivity contribution in [2.24, 2.45) is 0 Å². The number of nitrogens with zero attached hydrogens (tertiary/aromatic N) is 1. The van der Waals surface area contributed by atoms with Gasteiger partial charge in [0.15, 0.2) is 0 Å². The highest BCUT2D eigenvalue weighted by Gasteiger charge is 2.24. The summed E-state index contributed by atoms with van der Waals surface area (Å²) in [6.45, 7) is 6.28. The Morgan fingerprint density at radius 2 is 1.62 bits per heavy atom. The summed E-state index contributed by atoms with van der Waals surface area (Å²) in [7, 11) is -2.17. The summed E-state index contributed by atoms with van der Waals surface area (Å²) in [6, 6.07) is 13.2. The van der Waals surface area contributed by atoms with Crippen LogP contribution >= 0.6 is 0 Å². The van der Waals surface area contributed by atoms with Crippen LogP contribution < -0.4 is 13.8 Å². The number of hydrogen-bond donors (Lipinski definition) is 0. The predicted molar refractivity (Wildman–Crippen MR) is 95.3 cm³/mol. The summed E-state index contributed by atoms with van der Waals surface area (Å²) in [4.78, 5) is 0.194. The monoisotopic (exact) mass is 347 g/mol. The summed E-state index contributed by atoms with van der Waals surface area (Å²) in [5, 5.41) is 0. The van der Waals surface area contributed by atoms with Crippen molar-refractivity contribution in [2.75, 3.05) is 24.6 Å². The first-order valence-electron chi connectivity index (χ1n) is 7.53. The third kappa shape index (κ3) is 3.89. The van der Waals surface area contributed by atoms with Gasteiger partial charge in [-0.15, -0.1) is 6.58 Å². The van der Waals surface area contributed by atoms with E-state index in [2.05, 4.69) is 6.58 Å². The molecule has 24 heavy (non-hydrogen) atoms. The molecule has 0 N–H and O–H groups in total. The van der Waals surface area contributed by atoms with Gasteiger partial charge in [-0.2, -0.15) is 0 Å². The molecular weight excluding hydrogens is 326 g/mol. The lowest BCUT2D eigenvalue weighted by atomic mass is 10.3. The van der Waals surface area contributed by atoms with Gasteiger partial charge in [-0.1, -0.05) is 6.08 Å². The molecule has 2 rings (SSSR count). The maximum atomic E-state index is 12.9. The van der Waals surface area contributed by atoms with E-state index in [1.807, 2.05) is 6.92 Å². The average molecular weight is 347 g/mol. The van der Waals surface area contributed by atoms with Crippen LogP contribution in [0, 0.1) is 0 Å². The Hall–Kier alpha value is -2.47. The molecule has 2 aromatic rings. The van der Waals surface area contributed by atoms with E-state index in [0.717, 1.165) is 0 Å². The first kappa shape index (κ1) is 17.9. The van der Waals surface area contributed by atoms with Crippen LogP contribution in [0.2, 0.25) is 0 Å². The minimum atomic E-state index is -3.70. The van der Waals surface area contributed by atoms with Crippen molar-refractivity contribution >= 4 is 15.7 Å². The molecule has 0 saturated carbocycles. The van der Waals surface area contributed by atoms with Crippen molar-refractivity contribution in [3.63, 3.8) is 0 Å². The Kier molecular flexibility index (Phi) is 5.87. The molecule has 0 aliphatic rings. The molecule has 0 bridgehead atoms. The van der Waals surface area contributed by atoms with Gasteiger partial charge in [0.05, 0.1) is 30.8 Å². The summed E-state index contributed by atoms with van der Waals surface area (Å²) >= 11 is 0. The molecule has 0 aliphatic carbocycles. The van der Waals surface area contributed by atoms with Crippen LogP contribution in [0.4, 0.5) is 5.69 Å². The lowest BCUT2D eigenvalue weighted by Crippen LogP contribution is -2.31. The van der Waals surface area contributed by atoms with Crippen molar-refractivity contribution in [3.05, 3.63) is 61.2 Å². The highest BCUT2D eigenvalue weighted by atomic mass is 32.2. The van der Waals surface area contributed by atoms with Gasteiger partial charge in [0.2, 0.25) is 0 Å². The minimum Gasteiger partial charge on any atom is -0.497 e. The molecule has 0 amide bonds. The van der Waals surface area contributed by atoms with Gasteiger partial charge < -0.3 is 9.47 Å². The van der Waals surface area contributed by atoms with Crippen LogP contribution in [0.25, 0.3) is 0 Å². The zero-order valence-electron chi connectivity index (χ0n) is 13.8. The standard InChI is InChI=1S/C18H21NO4S/c1-4-14-19(15-6-8-17(9-7-15)23-5-2)24(20,21)18-12-10-16(22-3)11-13-18/h4,6-13H,1,5,14H2,2-3H3. The molecule has 0 saturated heterocycles. The lowest BCUT2D eigenvalue weighted by Gasteiger charge is -2.23. The summed E-state index contributed by atoms with van der Waals surface area (Å²) < 4.78 is 37.6. The molecule has 6 heteroatoms. The lowest BCUT2D eigenvalue weighted by molar-refractivity contribution is 0.340. The molecular formula is C18H21NO4S. The van der Waals surface area contributed by atoms with E-state index in [9.17, 15) is 8.42 Å². The van der Waals surface area contributed by atoms with E-state index < -0.39 is 10.0 Å². The van der Waals surface area contributed by atoms with Crippen LogP contribution in [-0.2, 0) is 10.0 Å². The second kappa shape index (κ2) is 7.88. The largest absolute Gasteiger partial charge is 0.497 e. The molecule has 0 aromatic heterocycles. The van der Waals surface area contributed by atoms with Crippen molar-refractivity contribution in [3.8, 4) is 11.5 Å². The molecule has 0 aliphatic heterocycles. The molecule has 0 radical (unpaired) electrons. The third-order valence-corrected chi connectivity index (χ3v) is 5.19. The van der Waals surface area contributed by atoms with Crippen LogP contribution in [0.15, 0.2) is 66.1 Å². The van der Waals surface area contributed by atoms with Gasteiger partial charge >= 0.3 is 0 Å². The van der Waals surface area contributed by atoms with Crippen LogP contribution in [0.3, 0.4) is 0 Å². The molecule has 0 unspecified atom stereocenters. The Morgan fingerprint density at radius 1 is 1.04 bits per heavy atom. The molecule has 2 aromatic carbocycles. The fourth-order valence-electron chi connectivity index (χ4n) is 2.21. The van der Waals surface area contributed by atoms with E-state index in [4.69, 9.17) is 9.47 Å².